The van der Waals surface area contributed by atoms with E-state index in [0.29, 0.717) is 6.04 Å². The number of benzene rings is 1. The number of hydrogen-bond acceptors (Lipinski definition) is 1. The third-order valence-electron chi connectivity index (χ3n) is 4.74. The molecule has 2 aromatic rings. The maximum atomic E-state index is 5.14. The van der Waals surface area contributed by atoms with Gasteiger partial charge in [-0.05, 0) is 30.9 Å². The lowest BCUT2D eigenvalue weighted by Gasteiger charge is -2.27. The molecule has 20 heavy (non-hydrogen) atoms. The van der Waals surface area contributed by atoms with E-state index in [2.05, 4.69) is 53.2 Å². The number of aromatic nitrogens is 1. The van der Waals surface area contributed by atoms with Crippen molar-refractivity contribution in [2.45, 2.75) is 38.3 Å². The molecule has 2 heteroatoms. The predicted molar refractivity (Wildman–Crippen MR) is 82.3 cm³/mol. The molecule has 1 aromatic carbocycles. The molecule has 0 N–H and O–H groups in total. The fourth-order valence-electron chi connectivity index (χ4n) is 3.68. The van der Waals surface area contributed by atoms with E-state index in [1.807, 2.05) is 0 Å². The van der Waals surface area contributed by atoms with Crippen LogP contribution in [0, 0.1) is 5.92 Å². The van der Waals surface area contributed by atoms with Gasteiger partial charge in [-0.3, -0.25) is 4.99 Å². The third-order valence-corrected chi connectivity index (χ3v) is 4.74. The molecule has 0 radical (unpaired) electrons. The lowest BCUT2D eigenvalue weighted by atomic mass is 9.95. The second kappa shape index (κ2) is 4.93. The third kappa shape index (κ3) is 2.00. The summed E-state index contributed by atoms with van der Waals surface area (Å²) in [6.45, 7) is 1.06. The van der Waals surface area contributed by atoms with Gasteiger partial charge in [-0.15, -0.1) is 0 Å². The molecule has 102 valence electrons. The zero-order valence-corrected chi connectivity index (χ0v) is 11.7. The molecule has 1 fully saturated rings. The van der Waals surface area contributed by atoms with Crippen LogP contribution in [0.2, 0.25) is 0 Å². The first-order chi connectivity index (χ1) is 9.92. The van der Waals surface area contributed by atoms with Gasteiger partial charge in [0.25, 0.3) is 0 Å². The molecule has 1 atom stereocenters. The summed E-state index contributed by atoms with van der Waals surface area (Å²) < 4.78 is 2.39. The van der Waals surface area contributed by atoms with E-state index >= 15 is 0 Å². The molecule has 2 heterocycles. The Balaban J connectivity index is 1.76. The highest BCUT2D eigenvalue weighted by Crippen LogP contribution is 2.33. The summed E-state index contributed by atoms with van der Waals surface area (Å²) in [5.74, 6) is 0.782. The van der Waals surface area contributed by atoms with Crippen molar-refractivity contribution in [2.24, 2.45) is 10.9 Å². The van der Waals surface area contributed by atoms with Gasteiger partial charge in [0.2, 0.25) is 0 Å². The van der Waals surface area contributed by atoms with Crippen molar-refractivity contribution in [3.8, 4) is 0 Å². The fourth-order valence-corrected chi connectivity index (χ4v) is 3.68. The number of nitrogens with zero attached hydrogens (tertiary/aromatic N) is 2. The van der Waals surface area contributed by atoms with Crippen LogP contribution in [0.15, 0.2) is 53.7 Å². The standard InChI is InChI=1S/C18H20N2/c1-2-9-15(10-3-1)18-17-11-6-12-20(17)13-16(19-18)14-7-4-5-8-14/h1-3,6,9-12,14,16H,4-5,7-8,13H2. The molecule has 1 saturated carbocycles. The van der Waals surface area contributed by atoms with Crippen LogP contribution in [0.25, 0.3) is 0 Å². The zero-order valence-electron chi connectivity index (χ0n) is 11.7. The van der Waals surface area contributed by atoms with Crippen molar-refractivity contribution in [2.75, 3.05) is 0 Å². The molecular weight excluding hydrogens is 244 g/mol. The Kier molecular flexibility index (Phi) is 2.95. The molecule has 2 nitrogen and oxygen atoms in total. The molecule has 2 aliphatic rings. The van der Waals surface area contributed by atoms with Gasteiger partial charge in [0.05, 0.1) is 17.4 Å². The molecule has 4 rings (SSSR count). The number of hydrogen-bond donors (Lipinski definition) is 0. The highest BCUT2D eigenvalue weighted by atomic mass is 15.1. The molecule has 0 amide bonds. The normalized spacial score (nSPS) is 22.6. The second-order valence-electron chi connectivity index (χ2n) is 6.00. The minimum atomic E-state index is 0.465. The smallest absolute Gasteiger partial charge is 0.0887 e. The topological polar surface area (TPSA) is 17.3 Å². The van der Waals surface area contributed by atoms with Crippen LogP contribution in [-0.2, 0) is 6.54 Å². The number of fused-ring (bicyclic) bond motifs is 1. The fraction of sp³-hybridized carbons (Fsp3) is 0.389. The van der Waals surface area contributed by atoms with Gasteiger partial charge in [0, 0.05) is 18.3 Å². The first-order valence-electron chi connectivity index (χ1n) is 7.70. The van der Waals surface area contributed by atoms with Crippen molar-refractivity contribution < 1.29 is 0 Å². The maximum absolute atomic E-state index is 5.14. The van der Waals surface area contributed by atoms with E-state index in [1.165, 1.54) is 42.7 Å². The number of aliphatic imine (C=N–C) groups is 1. The van der Waals surface area contributed by atoms with Gasteiger partial charge < -0.3 is 4.57 Å². The van der Waals surface area contributed by atoms with Gasteiger partial charge in [0.15, 0.2) is 0 Å². The Labute approximate surface area is 120 Å². The van der Waals surface area contributed by atoms with Gasteiger partial charge in [0.1, 0.15) is 0 Å². The van der Waals surface area contributed by atoms with Crippen molar-refractivity contribution in [3.63, 3.8) is 0 Å². The maximum Gasteiger partial charge on any atom is 0.0887 e. The van der Waals surface area contributed by atoms with Gasteiger partial charge in [-0.1, -0.05) is 43.2 Å². The summed E-state index contributed by atoms with van der Waals surface area (Å²) in [7, 11) is 0. The largest absolute Gasteiger partial charge is 0.344 e. The molecule has 0 spiro atoms. The van der Waals surface area contributed by atoms with E-state index < -0.39 is 0 Å². The Morgan fingerprint density at radius 1 is 0.950 bits per heavy atom. The van der Waals surface area contributed by atoms with Gasteiger partial charge in [-0.2, -0.15) is 0 Å². The van der Waals surface area contributed by atoms with Gasteiger partial charge >= 0.3 is 0 Å². The number of rotatable bonds is 2. The van der Waals surface area contributed by atoms with Crippen molar-refractivity contribution in [1.82, 2.24) is 4.57 Å². The molecule has 1 unspecified atom stereocenters. The molecule has 1 aliphatic heterocycles. The monoisotopic (exact) mass is 264 g/mol. The van der Waals surface area contributed by atoms with E-state index in [4.69, 9.17) is 4.99 Å². The average Bonchev–Trinajstić information content (AvgIpc) is 3.18. The Hall–Kier alpha value is -1.83. The summed E-state index contributed by atoms with van der Waals surface area (Å²) in [5.41, 5.74) is 3.69. The Morgan fingerprint density at radius 2 is 1.75 bits per heavy atom. The van der Waals surface area contributed by atoms with E-state index in [0.717, 1.165) is 12.5 Å². The van der Waals surface area contributed by atoms with Crippen LogP contribution < -0.4 is 0 Å². The average molecular weight is 264 g/mol. The molecule has 0 bridgehead atoms. The van der Waals surface area contributed by atoms with Crippen LogP contribution in [-0.4, -0.2) is 16.3 Å². The molecule has 1 aromatic heterocycles. The predicted octanol–water partition coefficient (Wildman–Crippen LogP) is 3.90. The Bertz CT molecular complexity index is 618. The SMILES string of the molecule is c1ccc(C2=NC(C3CCCC3)Cn3cccc32)cc1. The quantitative estimate of drug-likeness (QED) is 0.783. The lowest BCUT2D eigenvalue weighted by Crippen LogP contribution is -2.30. The molecule has 0 saturated heterocycles. The lowest BCUT2D eigenvalue weighted by molar-refractivity contribution is 0.383. The van der Waals surface area contributed by atoms with Crippen molar-refractivity contribution >= 4 is 5.71 Å². The summed E-state index contributed by atoms with van der Waals surface area (Å²) in [6.07, 6.45) is 7.68. The van der Waals surface area contributed by atoms with E-state index in [9.17, 15) is 0 Å². The summed E-state index contributed by atoms with van der Waals surface area (Å²) in [4.78, 5) is 5.14. The van der Waals surface area contributed by atoms with Gasteiger partial charge in [-0.25, -0.2) is 0 Å². The summed E-state index contributed by atoms with van der Waals surface area (Å²) in [5, 5.41) is 0. The minimum Gasteiger partial charge on any atom is -0.344 e. The van der Waals surface area contributed by atoms with Crippen LogP contribution in [0.3, 0.4) is 0 Å². The molecular formula is C18H20N2. The summed E-state index contributed by atoms with van der Waals surface area (Å²) >= 11 is 0. The van der Waals surface area contributed by atoms with Crippen LogP contribution >= 0.6 is 0 Å². The van der Waals surface area contributed by atoms with Crippen molar-refractivity contribution in [1.29, 1.82) is 0 Å². The van der Waals surface area contributed by atoms with Crippen LogP contribution in [0.5, 0.6) is 0 Å². The first kappa shape index (κ1) is 12.0. The Morgan fingerprint density at radius 3 is 2.55 bits per heavy atom. The first-order valence-corrected chi connectivity index (χ1v) is 7.70. The zero-order chi connectivity index (χ0) is 13.4. The summed E-state index contributed by atoms with van der Waals surface area (Å²) in [6, 6.07) is 15.4. The highest BCUT2D eigenvalue weighted by Gasteiger charge is 2.29. The molecule has 1 aliphatic carbocycles. The van der Waals surface area contributed by atoms with Crippen LogP contribution in [0.1, 0.15) is 36.9 Å². The van der Waals surface area contributed by atoms with Crippen LogP contribution in [0.4, 0.5) is 0 Å². The van der Waals surface area contributed by atoms with Crippen molar-refractivity contribution in [3.05, 3.63) is 59.9 Å². The second-order valence-corrected chi connectivity index (χ2v) is 6.00. The highest BCUT2D eigenvalue weighted by molar-refractivity contribution is 6.12. The van der Waals surface area contributed by atoms with E-state index in [-0.39, 0.29) is 0 Å². The minimum absolute atomic E-state index is 0.465. The van der Waals surface area contributed by atoms with E-state index in [1.54, 1.807) is 0 Å².